The number of anilines is 1. The first kappa shape index (κ1) is 23.5. The third kappa shape index (κ3) is 4.52. The number of carbonyl (C=O) groups is 1. The van der Waals surface area contributed by atoms with Crippen LogP contribution in [0.5, 0.6) is 5.75 Å². The van der Waals surface area contributed by atoms with Crippen LogP contribution in [0.15, 0.2) is 61.2 Å². The first-order valence-electron chi connectivity index (χ1n) is 12.2. The monoisotopic (exact) mass is 480 g/mol. The molecule has 1 fully saturated rings. The lowest BCUT2D eigenvalue weighted by Crippen LogP contribution is -2.43. The molecule has 0 bridgehead atoms. The van der Waals surface area contributed by atoms with Crippen molar-refractivity contribution in [2.75, 3.05) is 24.6 Å². The number of hydrogen-bond donors (Lipinski definition) is 0. The van der Waals surface area contributed by atoms with E-state index in [1.165, 1.54) is 0 Å². The second-order valence-corrected chi connectivity index (χ2v) is 9.36. The van der Waals surface area contributed by atoms with Crippen LogP contribution in [0.1, 0.15) is 37.9 Å². The van der Waals surface area contributed by atoms with E-state index in [1.807, 2.05) is 49.5 Å². The van der Waals surface area contributed by atoms with Gasteiger partial charge < -0.3 is 9.64 Å². The Labute approximate surface area is 210 Å². The number of piperidine rings is 1. The number of Topliss-reactive ketones (excluding diaryl/α,β-unsaturated/α-hetero) is 1. The Balaban J connectivity index is 1.33. The number of ether oxygens (including phenoxy) is 1. The molecule has 0 radical (unpaired) electrons. The van der Waals surface area contributed by atoms with E-state index >= 15 is 0 Å². The maximum absolute atomic E-state index is 13.0. The lowest BCUT2D eigenvalue weighted by molar-refractivity contribution is -0.128. The van der Waals surface area contributed by atoms with Gasteiger partial charge in [0.1, 0.15) is 23.4 Å². The van der Waals surface area contributed by atoms with E-state index in [4.69, 9.17) is 9.72 Å². The molecule has 0 atom stereocenters. The summed E-state index contributed by atoms with van der Waals surface area (Å²) >= 11 is 0. The lowest BCUT2D eigenvalue weighted by Gasteiger charge is -2.39. The summed E-state index contributed by atoms with van der Waals surface area (Å²) in [6.45, 7) is 6.07. The highest BCUT2D eigenvalue weighted by Crippen LogP contribution is 2.35. The smallest absolute Gasteiger partial charge is 0.144 e. The van der Waals surface area contributed by atoms with E-state index in [2.05, 4.69) is 28.0 Å². The summed E-state index contributed by atoms with van der Waals surface area (Å²) in [5.74, 6) is 1.81. The highest BCUT2D eigenvalue weighted by Gasteiger charge is 2.36. The summed E-state index contributed by atoms with van der Waals surface area (Å²) < 4.78 is 7.39. The Morgan fingerprint density at radius 2 is 2.00 bits per heavy atom. The molecule has 0 N–H and O–H groups in total. The molecule has 0 unspecified atom stereocenters. The van der Waals surface area contributed by atoms with Gasteiger partial charge in [0.2, 0.25) is 0 Å². The Morgan fingerprint density at radius 3 is 2.67 bits per heavy atom. The van der Waals surface area contributed by atoms with Gasteiger partial charge in [0.15, 0.2) is 0 Å². The Hall–Kier alpha value is -4.25. The van der Waals surface area contributed by atoms with E-state index < -0.39 is 0 Å². The predicted octanol–water partition coefficient (Wildman–Crippen LogP) is 4.48. The summed E-state index contributed by atoms with van der Waals surface area (Å²) in [4.78, 5) is 24.3. The minimum Gasteiger partial charge on any atom is -0.492 e. The van der Waals surface area contributed by atoms with Gasteiger partial charge in [-0.05, 0) is 50.1 Å². The molecule has 8 heteroatoms. The standard InChI is InChI=1S/C28H28N6O2/c1-3-36-23-15-24(27-21(16-29)18-32-34(27)19-23)20-7-8-26(31-17-20)33-12-9-28(2,10-13-33)25(35)14-22-6-4-5-11-30-22/h4-8,11,15,17-19H,3,9-10,12-14H2,1-2H3. The van der Waals surface area contributed by atoms with Gasteiger partial charge in [-0.25, -0.2) is 9.50 Å². The molecule has 4 aromatic heterocycles. The number of ketones is 1. The summed E-state index contributed by atoms with van der Waals surface area (Å²) in [6.07, 6.45) is 8.84. The third-order valence-corrected chi connectivity index (χ3v) is 7.01. The SMILES string of the molecule is CCOc1cc(-c2ccc(N3CCC(C)(C(=O)Cc4ccccn4)CC3)nc2)c2c(C#N)cnn2c1. The molecule has 0 spiro atoms. The number of pyridine rings is 3. The van der Waals surface area contributed by atoms with Gasteiger partial charge in [-0.15, -0.1) is 0 Å². The second-order valence-electron chi connectivity index (χ2n) is 9.36. The highest BCUT2D eigenvalue weighted by atomic mass is 16.5. The quantitative estimate of drug-likeness (QED) is 0.385. The molecule has 36 heavy (non-hydrogen) atoms. The van der Waals surface area contributed by atoms with Crippen molar-refractivity contribution in [2.45, 2.75) is 33.1 Å². The van der Waals surface area contributed by atoms with Crippen molar-refractivity contribution in [1.82, 2.24) is 19.6 Å². The summed E-state index contributed by atoms with van der Waals surface area (Å²) in [5, 5.41) is 13.9. The van der Waals surface area contributed by atoms with Gasteiger partial charge in [0.25, 0.3) is 0 Å². The van der Waals surface area contributed by atoms with Gasteiger partial charge >= 0.3 is 0 Å². The average Bonchev–Trinajstić information content (AvgIpc) is 3.33. The van der Waals surface area contributed by atoms with Crippen LogP contribution >= 0.6 is 0 Å². The van der Waals surface area contributed by atoms with E-state index in [-0.39, 0.29) is 11.2 Å². The van der Waals surface area contributed by atoms with Crippen LogP contribution in [0.25, 0.3) is 16.6 Å². The molecule has 5 heterocycles. The topological polar surface area (TPSA) is 96.4 Å². The molecule has 8 nitrogen and oxygen atoms in total. The maximum atomic E-state index is 13.0. The third-order valence-electron chi connectivity index (χ3n) is 7.01. The number of fused-ring (bicyclic) bond motifs is 1. The molecule has 1 aliphatic heterocycles. The van der Waals surface area contributed by atoms with Crippen LogP contribution < -0.4 is 9.64 Å². The number of hydrogen-bond acceptors (Lipinski definition) is 7. The minimum atomic E-state index is -0.352. The number of aromatic nitrogens is 4. The zero-order valence-corrected chi connectivity index (χ0v) is 20.5. The fourth-order valence-electron chi connectivity index (χ4n) is 4.77. The van der Waals surface area contributed by atoms with E-state index in [0.717, 1.165) is 54.1 Å². The molecular weight excluding hydrogens is 452 g/mol. The molecule has 0 amide bonds. The van der Waals surface area contributed by atoms with Crippen molar-refractivity contribution in [2.24, 2.45) is 5.41 Å². The van der Waals surface area contributed by atoms with Crippen LogP contribution in [0.2, 0.25) is 0 Å². The normalized spacial score (nSPS) is 15.0. The number of carbonyl (C=O) groups excluding carboxylic acids is 1. The van der Waals surface area contributed by atoms with Gasteiger partial charge in [-0.3, -0.25) is 9.78 Å². The molecule has 0 aliphatic carbocycles. The second kappa shape index (κ2) is 9.78. The summed E-state index contributed by atoms with van der Waals surface area (Å²) in [5.41, 5.74) is 3.44. The summed E-state index contributed by atoms with van der Waals surface area (Å²) in [7, 11) is 0. The van der Waals surface area contributed by atoms with E-state index in [9.17, 15) is 10.1 Å². The van der Waals surface area contributed by atoms with Gasteiger partial charge in [0, 0.05) is 54.1 Å². The minimum absolute atomic E-state index is 0.247. The Bertz CT molecular complexity index is 1410. The summed E-state index contributed by atoms with van der Waals surface area (Å²) in [6, 6.07) is 13.9. The largest absolute Gasteiger partial charge is 0.492 e. The van der Waals surface area contributed by atoms with Gasteiger partial charge in [-0.2, -0.15) is 10.4 Å². The number of rotatable bonds is 7. The van der Waals surface area contributed by atoms with Crippen LogP contribution in [0, 0.1) is 16.7 Å². The molecule has 1 aliphatic rings. The Morgan fingerprint density at radius 1 is 1.17 bits per heavy atom. The van der Waals surface area contributed by atoms with Crippen molar-refractivity contribution in [3.05, 3.63) is 72.4 Å². The van der Waals surface area contributed by atoms with Gasteiger partial charge in [-0.1, -0.05) is 13.0 Å². The van der Waals surface area contributed by atoms with Crippen molar-refractivity contribution in [3.63, 3.8) is 0 Å². The lowest BCUT2D eigenvalue weighted by atomic mass is 9.75. The number of nitriles is 1. The highest BCUT2D eigenvalue weighted by molar-refractivity contribution is 5.87. The zero-order valence-electron chi connectivity index (χ0n) is 20.5. The van der Waals surface area contributed by atoms with E-state index in [1.54, 1.807) is 23.1 Å². The molecule has 1 saturated heterocycles. The Kier molecular flexibility index (Phi) is 6.38. The number of nitrogens with zero attached hydrogens (tertiary/aromatic N) is 6. The average molecular weight is 481 g/mol. The van der Waals surface area contributed by atoms with Crippen LogP contribution in [0.3, 0.4) is 0 Å². The van der Waals surface area contributed by atoms with Crippen molar-refractivity contribution >= 4 is 17.1 Å². The molecule has 4 aromatic rings. The van der Waals surface area contributed by atoms with Crippen molar-refractivity contribution < 1.29 is 9.53 Å². The maximum Gasteiger partial charge on any atom is 0.144 e. The molecule has 5 rings (SSSR count). The van der Waals surface area contributed by atoms with Gasteiger partial charge in [0.05, 0.1) is 30.1 Å². The molecule has 0 aromatic carbocycles. The fourth-order valence-corrected chi connectivity index (χ4v) is 4.77. The molecular formula is C28H28N6O2. The fraction of sp³-hybridized carbons (Fsp3) is 0.321. The van der Waals surface area contributed by atoms with Crippen molar-refractivity contribution in [3.8, 4) is 22.9 Å². The first-order chi connectivity index (χ1) is 17.5. The zero-order chi connectivity index (χ0) is 25.1. The molecule has 0 saturated carbocycles. The van der Waals surface area contributed by atoms with Crippen LogP contribution in [0.4, 0.5) is 5.82 Å². The molecule has 182 valence electrons. The van der Waals surface area contributed by atoms with E-state index in [0.29, 0.717) is 24.3 Å². The van der Waals surface area contributed by atoms with Crippen LogP contribution in [-0.4, -0.2) is 45.1 Å². The van der Waals surface area contributed by atoms with Crippen molar-refractivity contribution in [1.29, 1.82) is 5.26 Å². The van der Waals surface area contributed by atoms with Crippen LogP contribution in [-0.2, 0) is 11.2 Å². The first-order valence-corrected chi connectivity index (χ1v) is 12.2. The predicted molar refractivity (Wildman–Crippen MR) is 137 cm³/mol.